The van der Waals surface area contributed by atoms with Crippen molar-refractivity contribution >= 4 is 29.1 Å². The largest absolute Gasteiger partial charge is 0.397 e. The van der Waals surface area contributed by atoms with Crippen molar-refractivity contribution in [1.82, 2.24) is 4.98 Å². The molecule has 66 valence electrons. The van der Waals surface area contributed by atoms with Gasteiger partial charge in [0.2, 0.25) is 0 Å². The van der Waals surface area contributed by atoms with Crippen molar-refractivity contribution < 1.29 is 5.11 Å². The monoisotopic (exact) mass is 204 g/mol. The van der Waals surface area contributed by atoms with E-state index in [0.717, 1.165) is 4.90 Å². The van der Waals surface area contributed by atoms with Gasteiger partial charge in [0, 0.05) is 11.9 Å². The lowest BCUT2D eigenvalue weighted by atomic mass is 10.4. The predicted molar refractivity (Wildman–Crippen MR) is 51.5 cm³/mol. The first kappa shape index (κ1) is 9.64. The molecule has 1 aromatic rings. The molecule has 0 aromatic carbocycles. The lowest BCUT2D eigenvalue weighted by Gasteiger charge is -2.04. The first-order valence-electron chi connectivity index (χ1n) is 3.38. The van der Waals surface area contributed by atoms with Crippen LogP contribution in [0.25, 0.3) is 0 Å². The summed E-state index contributed by atoms with van der Waals surface area (Å²) < 4.78 is 0. The molecule has 0 unspecified atom stereocenters. The quantitative estimate of drug-likeness (QED) is 0.731. The van der Waals surface area contributed by atoms with Gasteiger partial charge in [0.15, 0.2) is 0 Å². The third-order valence-corrected chi connectivity index (χ3v) is 2.75. The zero-order chi connectivity index (χ0) is 8.97. The second-order valence-electron chi connectivity index (χ2n) is 2.11. The second kappa shape index (κ2) is 4.54. The summed E-state index contributed by atoms with van der Waals surface area (Å²) >= 11 is 7.25. The molecule has 0 saturated heterocycles. The number of pyridine rings is 1. The first-order valence-corrected chi connectivity index (χ1v) is 4.74. The molecule has 0 saturated carbocycles. The number of aliphatic hydroxyl groups excluding tert-OH is 1. The lowest BCUT2D eigenvalue weighted by Crippen LogP contribution is -1.93. The van der Waals surface area contributed by atoms with Gasteiger partial charge in [-0.15, -0.1) is 11.8 Å². The normalized spacial score (nSPS) is 10.2. The summed E-state index contributed by atoms with van der Waals surface area (Å²) in [6.45, 7) is 0.114. The smallest absolute Gasteiger partial charge is 0.0745 e. The van der Waals surface area contributed by atoms with Crippen LogP contribution in [-0.2, 0) is 0 Å². The minimum Gasteiger partial charge on any atom is -0.397 e. The molecule has 3 N–H and O–H groups in total. The van der Waals surface area contributed by atoms with Crippen molar-refractivity contribution in [3.05, 3.63) is 17.4 Å². The zero-order valence-corrected chi connectivity index (χ0v) is 7.90. The van der Waals surface area contributed by atoms with Crippen LogP contribution in [0.4, 0.5) is 5.69 Å². The van der Waals surface area contributed by atoms with Crippen LogP contribution < -0.4 is 5.73 Å². The van der Waals surface area contributed by atoms with Crippen LogP contribution in [0.2, 0.25) is 5.02 Å². The van der Waals surface area contributed by atoms with Crippen molar-refractivity contribution in [3.8, 4) is 0 Å². The van der Waals surface area contributed by atoms with Crippen LogP contribution in [0.3, 0.4) is 0 Å². The Morgan fingerprint density at radius 1 is 1.58 bits per heavy atom. The van der Waals surface area contributed by atoms with E-state index < -0.39 is 0 Å². The van der Waals surface area contributed by atoms with Crippen LogP contribution in [0.5, 0.6) is 0 Å². The number of nitrogens with zero attached hydrogens (tertiary/aromatic N) is 1. The molecule has 0 fully saturated rings. The molecule has 0 amide bonds. The molecule has 0 aliphatic carbocycles. The Hall–Kier alpha value is -0.450. The summed E-state index contributed by atoms with van der Waals surface area (Å²) in [4.78, 5) is 4.61. The van der Waals surface area contributed by atoms with Crippen molar-refractivity contribution in [2.45, 2.75) is 4.90 Å². The van der Waals surface area contributed by atoms with Crippen LogP contribution >= 0.6 is 23.4 Å². The summed E-state index contributed by atoms with van der Waals surface area (Å²) in [5, 5.41) is 9.12. The summed E-state index contributed by atoms with van der Waals surface area (Å²) in [6, 6.07) is 0. The predicted octanol–water partition coefficient (Wildman–Crippen LogP) is 1.40. The second-order valence-corrected chi connectivity index (χ2v) is 3.62. The number of hydrogen-bond acceptors (Lipinski definition) is 4. The third-order valence-electron chi connectivity index (χ3n) is 1.22. The van der Waals surface area contributed by atoms with E-state index in [4.69, 9.17) is 22.4 Å². The number of thioether (sulfide) groups is 1. The Kier molecular flexibility index (Phi) is 3.65. The molecule has 0 bridgehead atoms. The Bertz CT molecular complexity index is 249. The minimum atomic E-state index is 0.114. The maximum atomic E-state index is 8.59. The van der Waals surface area contributed by atoms with Gasteiger partial charge in [-0.05, 0) is 0 Å². The fraction of sp³-hybridized carbons (Fsp3) is 0.286. The number of anilines is 1. The third kappa shape index (κ3) is 2.27. The molecule has 3 nitrogen and oxygen atoms in total. The number of rotatable bonds is 3. The highest BCUT2D eigenvalue weighted by molar-refractivity contribution is 7.99. The molecule has 0 aliphatic heterocycles. The van der Waals surface area contributed by atoms with Gasteiger partial charge in [-0.2, -0.15) is 0 Å². The van der Waals surface area contributed by atoms with E-state index in [1.807, 2.05) is 0 Å². The lowest BCUT2D eigenvalue weighted by molar-refractivity contribution is 0.322. The average molecular weight is 205 g/mol. The van der Waals surface area contributed by atoms with E-state index in [1.165, 1.54) is 18.0 Å². The summed E-state index contributed by atoms with van der Waals surface area (Å²) in [5.41, 5.74) is 6.17. The van der Waals surface area contributed by atoms with E-state index in [2.05, 4.69) is 4.98 Å². The summed E-state index contributed by atoms with van der Waals surface area (Å²) in [6.07, 6.45) is 3.09. The molecule has 1 aromatic heterocycles. The van der Waals surface area contributed by atoms with Crippen molar-refractivity contribution in [2.24, 2.45) is 0 Å². The highest BCUT2D eigenvalue weighted by atomic mass is 35.5. The van der Waals surface area contributed by atoms with Gasteiger partial charge < -0.3 is 10.8 Å². The first-order chi connectivity index (χ1) is 5.75. The Labute approximate surface area is 79.9 Å². The molecule has 5 heteroatoms. The fourth-order valence-corrected chi connectivity index (χ4v) is 1.77. The van der Waals surface area contributed by atoms with Crippen LogP contribution in [-0.4, -0.2) is 22.5 Å². The summed E-state index contributed by atoms with van der Waals surface area (Å²) in [7, 11) is 0. The van der Waals surface area contributed by atoms with Crippen molar-refractivity contribution in [1.29, 1.82) is 0 Å². The number of aromatic nitrogens is 1. The van der Waals surface area contributed by atoms with Gasteiger partial charge in [0.1, 0.15) is 0 Å². The molecule has 0 radical (unpaired) electrons. The number of hydrogen-bond donors (Lipinski definition) is 2. The maximum absolute atomic E-state index is 8.59. The van der Waals surface area contributed by atoms with Gasteiger partial charge in [0.05, 0.1) is 28.4 Å². The molecule has 1 rings (SSSR count). The van der Waals surface area contributed by atoms with Gasteiger partial charge in [-0.1, -0.05) is 11.6 Å². The van der Waals surface area contributed by atoms with E-state index in [9.17, 15) is 0 Å². The Morgan fingerprint density at radius 3 is 2.92 bits per heavy atom. The van der Waals surface area contributed by atoms with Crippen LogP contribution in [0.15, 0.2) is 17.3 Å². The topological polar surface area (TPSA) is 59.1 Å². The Morgan fingerprint density at radius 2 is 2.33 bits per heavy atom. The molecular weight excluding hydrogens is 196 g/mol. The van der Waals surface area contributed by atoms with Crippen LogP contribution in [0.1, 0.15) is 0 Å². The number of aliphatic hydroxyl groups is 1. The van der Waals surface area contributed by atoms with Gasteiger partial charge in [-0.25, -0.2) is 0 Å². The van der Waals surface area contributed by atoms with E-state index in [1.54, 1.807) is 6.20 Å². The number of nitrogens with two attached hydrogens (primary N) is 1. The number of nitrogen functional groups attached to an aromatic ring is 1. The molecule has 12 heavy (non-hydrogen) atoms. The number of halogens is 1. The van der Waals surface area contributed by atoms with E-state index in [-0.39, 0.29) is 6.61 Å². The maximum Gasteiger partial charge on any atom is 0.0745 e. The fourth-order valence-electron chi connectivity index (χ4n) is 0.738. The van der Waals surface area contributed by atoms with Gasteiger partial charge >= 0.3 is 0 Å². The van der Waals surface area contributed by atoms with Gasteiger partial charge in [0.25, 0.3) is 0 Å². The van der Waals surface area contributed by atoms with Crippen LogP contribution in [0, 0.1) is 0 Å². The van der Waals surface area contributed by atoms with Crippen molar-refractivity contribution in [3.63, 3.8) is 0 Å². The Balaban J connectivity index is 2.81. The van der Waals surface area contributed by atoms with E-state index in [0.29, 0.717) is 16.5 Å². The molecule has 0 aliphatic rings. The molecule has 0 spiro atoms. The average Bonchev–Trinajstić information content (AvgIpc) is 2.04. The minimum absolute atomic E-state index is 0.114. The highest BCUT2D eigenvalue weighted by Gasteiger charge is 2.04. The van der Waals surface area contributed by atoms with Gasteiger partial charge in [-0.3, -0.25) is 4.98 Å². The SMILES string of the molecule is Nc1cncc(Cl)c1SCCO. The van der Waals surface area contributed by atoms with Crippen molar-refractivity contribution in [2.75, 3.05) is 18.1 Å². The molecule has 1 heterocycles. The zero-order valence-electron chi connectivity index (χ0n) is 6.33. The van der Waals surface area contributed by atoms with E-state index >= 15 is 0 Å². The standard InChI is InChI=1S/C7H9ClN2OS/c8-5-3-10-4-6(9)7(5)12-2-1-11/h3-4,11H,1-2,9H2. The molecule has 0 atom stereocenters. The molecular formula is C7H9ClN2OS. The highest BCUT2D eigenvalue weighted by Crippen LogP contribution is 2.30. The summed E-state index contributed by atoms with van der Waals surface area (Å²) in [5.74, 6) is 0.591.